The number of hydrogen-bond donors (Lipinski definition) is 1. The van der Waals surface area contributed by atoms with E-state index in [1.54, 1.807) is 0 Å². The smallest absolute Gasteiger partial charge is 0.132 e. The van der Waals surface area contributed by atoms with E-state index in [0.29, 0.717) is 0 Å². The van der Waals surface area contributed by atoms with Gasteiger partial charge in [-0.2, -0.15) is 0 Å². The van der Waals surface area contributed by atoms with Crippen LogP contribution in [-0.2, 0) is 19.5 Å². The summed E-state index contributed by atoms with van der Waals surface area (Å²) in [6, 6.07) is 12.9. The third-order valence-electron chi connectivity index (χ3n) is 3.55. The standard InChI is InChI=1S/C16H19N3/c1-12(17)9-13-7-4-8-18-16(13)19-10-14-5-2-3-6-15(14)11-19/h2-8,12H,9-11,17H2,1H3. The second-order valence-electron chi connectivity index (χ2n) is 5.29. The minimum atomic E-state index is 0.160. The summed E-state index contributed by atoms with van der Waals surface area (Å²) < 4.78 is 0. The zero-order valence-corrected chi connectivity index (χ0v) is 11.2. The van der Waals surface area contributed by atoms with Crippen LogP contribution in [0.25, 0.3) is 0 Å². The number of fused-ring (bicyclic) bond motifs is 1. The Kier molecular flexibility index (Phi) is 3.22. The number of benzene rings is 1. The predicted molar refractivity (Wildman–Crippen MR) is 77.9 cm³/mol. The number of nitrogens with zero attached hydrogens (tertiary/aromatic N) is 2. The topological polar surface area (TPSA) is 42.1 Å². The first-order chi connectivity index (χ1) is 9.24. The molecule has 3 rings (SSSR count). The van der Waals surface area contributed by atoms with E-state index in [1.165, 1.54) is 16.7 Å². The second-order valence-corrected chi connectivity index (χ2v) is 5.29. The maximum Gasteiger partial charge on any atom is 0.132 e. The Bertz CT molecular complexity index is 553. The van der Waals surface area contributed by atoms with Crippen molar-refractivity contribution >= 4 is 5.82 Å². The maximum absolute atomic E-state index is 5.93. The number of pyridine rings is 1. The number of hydrogen-bond acceptors (Lipinski definition) is 3. The lowest BCUT2D eigenvalue weighted by Crippen LogP contribution is -2.22. The Morgan fingerprint density at radius 1 is 1.16 bits per heavy atom. The minimum Gasteiger partial charge on any atom is -0.348 e. The van der Waals surface area contributed by atoms with Gasteiger partial charge < -0.3 is 10.6 Å². The molecule has 1 unspecified atom stereocenters. The molecule has 0 saturated heterocycles. The van der Waals surface area contributed by atoms with Crippen LogP contribution in [-0.4, -0.2) is 11.0 Å². The van der Waals surface area contributed by atoms with Gasteiger partial charge in [0, 0.05) is 25.3 Å². The molecule has 0 saturated carbocycles. The third-order valence-corrected chi connectivity index (χ3v) is 3.55. The summed E-state index contributed by atoms with van der Waals surface area (Å²) in [7, 11) is 0. The molecule has 1 atom stereocenters. The molecule has 1 aliphatic heterocycles. The summed E-state index contributed by atoms with van der Waals surface area (Å²) in [4.78, 5) is 6.90. The lowest BCUT2D eigenvalue weighted by Gasteiger charge is -2.20. The van der Waals surface area contributed by atoms with E-state index in [1.807, 2.05) is 19.2 Å². The molecule has 0 radical (unpaired) electrons. The molecule has 19 heavy (non-hydrogen) atoms. The van der Waals surface area contributed by atoms with E-state index in [2.05, 4.69) is 40.2 Å². The summed E-state index contributed by atoms with van der Waals surface area (Å²) in [6.45, 7) is 3.92. The summed E-state index contributed by atoms with van der Waals surface area (Å²) in [6.07, 6.45) is 2.74. The molecule has 1 aromatic heterocycles. The molecule has 98 valence electrons. The van der Waals surface area contributed by atoms with Crippen molar-refractivity contribution in [2.75, 3.05) is 4.90 Å². The molecule has 0 bridgehead atoms. The molecule has 2 aromatic rings. The highest BCUT2D eigenvalue weighted by atomic mass is 15.2. The zero-order chi connectivity index (χ0) is 13.2. The maximum atomic E-state index is 5.93. The number of anilines is 1. The van der Waals surface area contributed by atoms with Gasteiger partial charge in [0.1, 0.15) is 5.82 Å². The van der Waals surface area contributed by atoms with Gasteiger partial charge in [-0.25, -0.2) is 4.98 Å². The Morgan fingerprint density at radius 3 is 2.47 bits per heavy atom. The van der Waals surface area contributed by atoms with Crippen LogP contribution in [0, 0.1) is 0 Å². The van der Waals surface area contributed by atoms with Gasteiger partial charge in [-0.15, -0.1) is 0 Å². The Morgan fingerprint density at radius 2 is 1.84 bits per heavy atom. The van der Waals surface area contributed by atoms with Crippen LogP contribution in [0.2, 0.25) is 0 Å². The highest BCUT2D eigenvalue weighted by Crippen LogP contribution is 2.29. The lowest BCUT2D eigenvalue weighted by atomic mass is 10.1. The first-order valence-electron chi connectivity index (χ1n) is 6.75. The Hall–Kier alpha value is -1.87. The fourth-order valence-electron chi connectivity index (χ4n) is 2.70. The van der Waals surface area contributed by atoms with Crippen LogP contribution in [0.3, 0.4) is 0 Å². The lowest BCUT2D eigenvalue weighted by molar-refractivity contribution is 0.727. The molecule has 0 aliphatic carbocycles. The second kappa shape index (κ2) is 5.02. The first kappa shape index (κ1) is 12.2. The normalized spacial score (nSPS) is 15.4. The molecule has 3 heteroatoms. The van der Waals surface area contributed by atoms with Crippen LogP contribution in [0.15, 0.2) is 42.6 Å². The fraction of sp³-hybridized carbons (Fsp3) is 0.312. The van der Waals surface area contributed by atoms with E-state index >= 15 is 0 Å². The van der Waals surface area contributed by atoms with Crippen molar-refractivity contribution in [1.82, 2.24) is 4.98 Å². The van der Waals surface area contributed by atoms with Crippen molar-refractivity contribution in [1.29, 1.82) is 0 Å². The molecule has 1 aromatic carbocycles. The van der Waals surface area contributed by atoms with E-state index < -0.39 is 0 Å². The summed E-state index contributed by atoms with van der Waals surface area (Å²) >= 11 is 0. The summed E-state index contributed by atoms with van der Waals surface area (Å²) in [5, 5.41) is 0. The Labute approximate surface area is 114 Å². The van der Waals surface area contributed by atoms with E-state index in [-0.39, 0.29) is 6.04 Å². The summed E-state index contributed by atoms with van der Waals surface area (Å²) in [5.74, 6) is 1.08. The SMILES string of the molecule is CC(N)Cc1cccnc1N1Cc2ccccc2C1. The molecular weight excluding hydrogens is 234 g/mol. The Balaban J connectivity index is 1.89. The molecular formula is C16H19N3. The van der Waals surface area contributed by atoms with Gasteiger partial charge >= 0.3 is 0 Å². The van der Waals surface area contributed by atoms with Gasteiger partial charge in [-0.1, -0.05) is 30.3 Å². The molecule has 2 heterocycles. The van der Waals surface area contributed by atoms with Crippen molar-refractivity contribution in [2.45, 2.75) is 32.5 Å². The highest BCUT2D eigenvalue weighted by Gasteiger charge is 2.21. The van der Waals surface area contributed by atoms with Crippen LogP contribution in [0.1, 0.15) is 23.6 Å². The van der Waals surface area contributed by atoms with E-state index in [4.69, 9.17) is 5.73 Å². The average Bonchev–Trinajstić information content (AvgIpc) is 2.82. The number of aromatic nitrogens is 1. The van der Waals surface area contributed by atoms with Crippen molar-refractivity contribution < 1.29 is 0 Å². The van der Waals surface area contributed by atoms with Crippen LogP contribution in [0.5, 0.6) is 0 Å². The van der Waals surface area contributed by atoms with Crippen molar-refractivity contribution in [3.05, 3.63) is 59.3 Å². The molecule has 1 aliphatic rings. The van der Waals surface area contributed by atoms with Gasteiger partial charge in [-0.05, 0) is 36.1 Å². The molecule has 3 nitrogen and oxygen atoms in total. The molecule has 2 N–H and O–H groups in total. The predicted octanol–water partition coefficient (Wildman–Crippen LogP) is 2.49. The zero-order valence-electron chi connectivity index (χ0n) is 11.2. The molecule has 0 spiro atoms. The van der Waals surface area contributed by atoms with Crippen molar-refractivity contribution in [3.63, 3.8) is 0 Å². The van der Waals surface area contributed by atoms with Gasteiger partial charge in [0.05, 0.1) is 0 Å². The van der Waals surface area contributed by atoms with Crippen LogP contribution >= 0.6 is 0 Å². The third kappa shape index (κ3) is 2.47. The van der Waals surface area contributed by atoms with Crippen molar-refractivity contribution in [2.24, 2.45) is 5.73 Å². The highest BCUT2D eigenvalue weighted by molar-refractivity contribution is 5.52. The van der Waals surface area contributed by atoms with Gasteiger partial charge in [-0.3, -0.25) is 0 Å². The van der Waals surface area contributed by atoms with Gasteiger partial charge in [0.2, 0.25) is 0 Å². The van der Waals surface area contributed by atoms with Gasteiger partial charge in [0.15, 0.2) is 0 Å². The van der Waals surface area contributed by atoms with Crippen molar-refractivity contribution in [3.8, 4) is 0 Å². The monoisotopic (exact) mass is 253 g/mol. The number of rotatable bonds is 3. The van der Waals surface area contributed by atoms with Crippen LogP contribution < -0.4 is 10.6 Å². The minimum absolute atomic E-state index is 0.160. The van der Waals surface area contributed by atoms with Gasteiger partial charge in [0.25, 0.3) is 0 Å². The molecule has 0 fully saturated rings. The fourth-order valence-corrected chi connectivity index (χ4v) is 2.70. The molecule has 0 amide bonds. The van der Waals surface area contributed by atoms with E-state index in [0.717, 1.165) is 25.3 Å². The number of nitrogens with two attached hydrogens (primary N) is 1. The van der Waals surface area contributed by atoms with Crippen LogP contribution in [0.4, 0.5) is 5.82 Å². The quantitative estimate of drug-likeness (QED) is 0.913. The van der Waals surface area contributed by atoms with E-state index in [9.17, 15) is 0 Å². The summed E-state index contributed by atoms with van der Waals surface area (Å²) in [5.41, 5.74) is 9.98. The largest absolute Gasteiger partial charge is 0.348 e. The average molecular weight is 253 g/mol. The first-order valence-corrected chi connectivity index (χ1v) is 6.75.